The fraction of sp³-hybridized carbons (Fsp3) is 0.250. The number of thioether (sulfide) groups is 1. The number of rotatable bonds is 4. The van der Waals surface area contributed by atoms with Crippen LogP contribution >= 0.6 is 23.4 Å². The molecule has 2 aromatic rings. The highest BCUT2D eigenvalue weighted by atomic mass is 35.5. The average Bonchev–Trinajstić information content (AvgIpc) is 2.57. The molecule has 0 radical (unpaired) electrons. The molecule has 0 spiro atoms. The van der Waals surface area contributed by atoms with Crippen LogP contribution in [0.15, 0.2) is 53.8 Å². The number of halogens is 1. The largest absolute Gasteiger partial charge is 0.352 e. The van der Waals surface area contributed by atoms with E-state index < -0.39 is 0 Å². The van der Waals surface area contributed by atoms with Gasteiger partial charge < -0.3 is 5.32 Å². The maximum Gasteiger partial charge on any atom is 0.159 e. The van der Waals surface area contributed by atoms with E-state index in [1.54, 1.807) is 18.0 Å². The summed E-state index contributed by atoms with van der Waals surface area (Å²) in [6.45, 7) is 2.38. The van der Waals surface area contributed by atoms with Gasteiger partial charge in [0.05, 0.1) is 13.3 Å². The Balaban J connectivity index is 1.48. The first-order valence-electron chi connectivity index (χ1n) is 7.06. The summed E-state index contributed by atoms with van der Waals surface area (Å²) < 4.78 is 0. The van der Waals surface area contributed by atoms with Crippen molar-refractivity contribution in [3.8, 4) is 0 Å². The SMILES string of the molecule is Clc1ccc(CSC2=NCN(Cc3cccnc3)CN2)cc1. The van der Waals surface area contributed by atoms with Crippen LogP contribution < -0.4 is 5.32 Å². The summed E-state index contributed by atoms with van der Waals surface area (Å²) in [6.07, 6.45) is 3.69. The number of aromatic nitrogens is 1. The van der Waals surface area contributed by atoms with Crippen molar-refractivity contribution >= 4 is 28.5 Å². The van der Waals surface area contributed by atoms with Gasteiger partial charge in [0.2, 0.25) is 0 Å². The number of amidine groups is 1. The van der Waals surface area contributed by atoms with E-state index in [2.05, 4.69) is 26.3 Å². The van der Waals surface area contributed by atoms with Gasteiger partial charge in [-0.15, -0.1) is 0 Å². The predicted molar refractivity (Wildman–Crippen MR) is 92.8 cm³/mol. The van der Waals surface area contributed by atoms with Crippen LogP contribution in [0.5, 0.6) is 0 Å². The van der Waals surface area contributed by atoms with Crippen LogP contribution in [-0.2, 0) is 12.3 Å². The summed E-state index contributed by atoms with van der Waals surface area (Å²) in [4.78, 5) is 11.0. The molecule has 114 valence electrons. The molecule has 0 unspecified atom stereocenters. The van der Waals surface area contributed by atoms with E-state index in [-0.39, 0.29) is 0 Å². The van der Waals surface area contributed by atoms with Crippen molar-refractivity contribution in [2.45, 2.75) is 12.3 Å². The molecule has 0 aliphatic carbocycles. The van der Waals surface area contributed by atoms with Crippen molar-refractivity contribution in [2.75, 3.05) is 13.3 Å². The first-order chi connectivity index (χ1) is 10.8. The molecule has 1 aromatic heterocycles. The summed E-state index contributed by atoms with van der Waals surface area (Å²) in [7, 11) is 0. The topological polar surface area (TPSA) is 40.5 Å². The summed E-state index contributed by atoms with van der Waals surface area (Å²) in [6, 6.07) is 12.0. The monoisotopic (exact) mass is 332 g/mol. The molecule has 1 aromatic carbocycles. The van der Waals surface area contributed by atoms with Gasteiger partial charge in [-0.05, 0) is 29.3 Å². The fourth-order valence-corrected chi connectivity index (χ4v) is 3.07. The second-order valence-corrected chi connectivity index (χ2v) is 6.45. The van der Waals surface area contributed by atoms with E-state index >= 15 is 0 Å². The van der Waals surface area contributed by atoms with Crippen molar-refractivity contribution in [2.24, 2.45) is 4.99 Å². The minimum absolute atomic E-state index is 0.713. The minimum Gasteiger partial charge on any atom is -0.352 e. The van der Waals surface area contributed by atoms with E-state index in [1.165, 1.54) is 11.1 Å². The summed E-state index contributed by atoms with van der Waals surface area (Å²) in [5.41, 5.74) is 2.45. The Morgan fingerprint density at radius 1 is 1.18 bits per heavy atom. The molecule has 0 saturated heterocycles. The van der Waals surface area contributed by atoms with Crippen LogP contribution in [0.2, 0.25) is 5.02 Å². The Labute approximate surface area is 139 Å². The second kappa shape index (κ2) is 7.63. The van der Waals surface area contributed by atoms with E-state index in [0.717, 1.165) is 29.2 Å². The van der Waals surface area contributed by atoms with E-state index in [4.69, 9.17) is 11.6 Å². The molecular weight excluding hydrogens is 316 g/mol. The highest BCUT2D eigenvalue weighted by molar-refractivity contribution is 8.13. The average molecular weight is 333 g/mol. The number of hydrogen-bond donors (Lipinski definition) is 1. The molecule has 0 bridgehead atoms. The third kappa shape index (κ3) is 4.47. The van der Waals surface area contributed by atoms with Gasteiger partial charge in [-0.2, -0.15) is 0 Å². The molecule has 0 fully saturated rings. The van der Waals surface area contributed by atoms with Gasteiger partial charge in [0.1, 0.15) is 0 Å². The lowest BCUT2D eigenvalue weighted by Crippen LogP contribution is -2.41. The molecule has 0 saturated carbocycles. The zero-order valence-electron chi connectivity index (χ0n) is 12.1. The van der Waals surface area contributed by atoms with Crippen molar-refractivity contribution in [1.82, 2.24) is 15.2 Å². The third-order valence-electron chi connectivity index (χ3n) is 3.29. The minimum atomic E-state index is 0.713. The lowest BCUT2D eigenvalue weighted by molar-refractivity contribution is 0.258. The fourth-order valence-electron chi connectivity index (χ4n) is 2.13. The van der Waals surface area contributed by atoms with Crippen LogP contribution in [0.3, 0.4) is 0 Å². The normalized spacial score (nSPS) is 15.2. The van der Waals surface area contributed by atoms with E-state index in [1.807, 2.05) is 36.5 Å². The zero-order chi connectivity index (χ0) is 15.2. The number of nitrogens with zero attached hydrogens (tertiary/aromatic N) is 3. The molecule has 1 aliphatic heterocycles. The molecule has 1 N–H and O–H groups in total. The lowest BCUT2D eigenvalue weighted by Gasteiger charge is -2.26. The quantitative estimate of drug-likeness (QED) is 0.932. The molecule has 0 atom stereocenters. The van der Waals surface area contributed by atoms with Gasteiger partial charge in [-0.25, -0.2) is 4.99 Å². The molecule has 4 nitrogen and oxygen atoms in total. The first-order valence-corrected chi connectivity index (χ1v) is 8.43. The van der Waals surface area contributed by atoms with Crippen LogP contribution in [0, 0.1) is 0 Å². The van der Waals surface area contributed by atoms with Gasteiger partial charge in [-0.1, -0.05) is 41.6 Å². The molecular formula is C16H17ClN4S. The van der Waals surface area contributed by atoms with Crippen LogP contribution in [0.4, 0.5) is 0 Å². The summed E-state index contributed by atoms with van der Waals surface area (Å²) >= 11 is 7.61. The lowest BCUT2D eigenvalue weighted by atomic mass is 10.2. The number of pyridine rings is 1. The molecule has 6 heteroatoms. The second-order valence-electron chi connectivity index (χ2n) is 5.04. The van der Waals surface area contributed by atoms with Crippen molar-refractivity contribution in [3.05, 3.63) is 64.9 Å². The van der Waals surface area contributed by atoms with Gasteiger partial charge in [0, 0.05) is 29.7 Å². The van der Waals surface area contributed by atoms with Gasteiger partial charge in [-0.3, -0.25) is 9.88 Å². The Kier molecular flexibility index (Phi) is 5.32. The van der Waals surface area contributed by atoms with Gasteiger partial charge in [0.25, 0.3) is 0 Å². The smallest absolute Gasteiger partial charge is 0.159 e. The molecule has 22 heavy (non-hydrogen) atoms. The standard InChI is InChI=1S/C16H17ClN4S/c17-15-5-3-13(4-6-15)10-22-16-19-11-21(12-20-16)9-14-2-1-7-18-8-14/h1-8H,9-12H2,(H,19,20). The zero-order valence-corrected chi connectivity index (χ0v) is 13.6. The van der Waals surface area contributed by atoms with E-state index in [9.17, 15) is 0 Å². The first kappa shape index (κ1) is 15.3. The predicted octanol–water partition coefficient (Wildman–Crippen LogP) is 3.34. The molecule has 2 heterocycles. The number of nitrogens with one attached hydrogen (secondary N) is 1. The van der Waals surface area contributed by atoms with Crippen LogP contribution in [-0.4, -0.2) is 28.4 Å². The number of benzene rings is 1. The highest BCUT2D eigenvalue weighted by Gasteiger charge is 2.12. The van der Waals surface area contributed by atoms with Crippen molar-refractivity contribution < 1.29 is 0 Å². The molecule has 1 aliphatic rings. The maximum absolute atomic E-state index is 5.89. The molecule has 3 rings (SSSR count). The van der Waals surface area contributed by atoms with Crippen molar-refractivity contribution in [3.63, 3.8) is 0 Å². The van der Waals surface area contributed by atoms with Crippen molar-refractivity contribution in [1.29, 1.82) is 0 Å². The maximum atomic E-state index is 5.89. The Hall–Kier alpha value is -1.56. The Bertz CT molecular complexity index is 630. The summed E-state index contributed by atoms with van der Waals surface area (Å²) in [5.74, 6) is 0.894. The summed E-state index contributed by atoms with van der Waals surface area (Å²) in [5, 5.41) is 5.13. The van der Waals surface area contributed by atoms with Gasteiger partial charge in [0.15, 0.2) is 5.17 Å². The molecule has 0 amide bonds. The third-order valence-corrected chi connectivity index (χ3v) is 4.56. The van der Waals surface area contributed by atoms with Crippen LogP contribution in [0.25, 0.3) is 0 Å². The number of aliphatic imine (C=N–C) groups is 1. The van der Waals surface area contributed by atoms with Crippen LogP contribution in [0.1, 0.15) is 11.1 Å². The highest BCUT2D eigenvalue weighted by Crippen LogP contribution is 2.17. The van der Waals surface area contributed by atoms with Gasteiger partial charge >= 0.3 is 0 Å². The Morgan fingerprint density at radius 3 is 2.73 bits per heavy atom. The Morgan fingerprint density at radius 2 is 2.05 bits per heavy atom. The number of hydrogen-bond acceptors (Lipinski definition) is 5. The van der Waals surface area contributed by atoms with E-state index in [0.29, 0.717) is 6.67 Å².